The average Bonchev–Trinajstić information content (AvgIpc) is 2.49. The van der Waals surface area contributed by atoms with E-state index in [1.807, 2.05) is 5.01 Å². The standard InChI is InChI=1S/C15H25N5O/c1-4-10-16-14-9-8-13(17-18-14)15(21)19-20-11(2)6-5-7-12(20)3/h8-9,11-12H,4-7,10H2,1-3H3,(H,16,18)(H,19,21). The van der Waals surface area contributed by atoms with Crippen LogP contribution in [0.2, 0.25) is 0 Å². The van der Waals surface area contributed by atoms with Crippen molar-refractivity contribution < 1.29 is 4.79 Å². The second-order valence-electron chi connectivity index (χ2n) is 5.71. The van der Waals surface area contributed by atoms with Gasteiger partial charge in [0.25, 0.3) is 5.91 Å². The van der Waals surface area contributed by atoms with E-state index in [0.717, 1.165) is 25.8 Å². The lowest BCUT2D eigenvalue weighted by Crippen LogP contribution is -2.54. The minimum atomic E-state index is -0.190. The number of nitrogens with one attached hydrogen (secondary N) is 2. The van der Waals surface area contributed by atoms with Crippen LogP contribution in [0.3, 0.4) is 0 Å². The molecule has 0 bridgehead atoms. The Bertz CT molecular complexity index is 452. The second-order valence-corrected chi connectivity index (χ2v) is 5.71. The number of carbonyl (C=O) groups excluding carboxylic acids is 1. The highest BCUT2D eigenvalue weighted by atomic mass is 16.2. The van der Waals surface area contributed by atoms with Gasteiger partial charge in [0.05, 0.1) is 0 Å². The molecule has 1 aromatic heterocycles. The van der Waals surface area contributed by atoms with Gasteiger partial charge in [-0.1, -0.05) is 13.3 Å². The van der Waals surface area contributed by atoms with E-state index in [4.69, 9.17) is 0 Å². The maximum atomic E-state index is 12.3. The minimum absolute atomic E-state index is 0.190. The van der Waals surface area contributed by atoms with E-state index >= 15 is 0 Å². The Kier molecular flexibility index (Phi) is 5.50. The molecule has 2 rings (SSSR count). The maximum Gasteiger partial charge on any atom is 0.286 e. The van der Waals surface area contributed by atoms with Crippen LogP contribution in [0.15, 0.2) is 12.1 Å². The fourth-order valence-electron chi connectivity index (χ4n) is 2.62. The summed E-state index contributed by atoms with van der Waals surface area (Å²) in [5.74, 6) is 0.512. The highest BCUT2D eigenvalue weighted by Crippen LogP contribution is 2.20. The quantitative estimate of drug-likeness (QED) is 0.870. The Morgan fingerprint density at radius 1 is 1.29 bits per heavy atom. The first-order chi connectivity index (χ1) is 10.1. The lowest BCUT2D eigenvalue weighted by molar-refractivity contribution is 0.0365. The minimum Gasteiger partial charge on any atom is -0.369 e. The van der Waals surface area contributed by atoms with Gasteiger partial charge in [-0.25, -0.2) is 5.01 Å². The summed E-state index contributed by atoms with van der Waals surface area (Å²) in [5.41, 5.74) is 3.32. The van der Waals surface area contributed by atoms with Gasteiger partial charge in [-0.15, -0.1) is 10.2 Å². The van der Waals surface area contributed by atoms with Crippen LogP contribution >= 0.6 is 0 Å². The summed E-state index contributed by atoms with van der Waals surface area (Å²) in [6, 6.07) is 4.22. The van der Waals surface area contributed by atoms with Crippen LogP contribution in [0, 0.1) is 0 Å². The maximum absolute atomic E-state index is 12.3. The number of carbonyl (C=O) groups is 1. The first-order valence-electron chi connectivity index (χ1n) is 7.78. The Morgan fingerprint density at radius 2 is 2.00 bits per heavy atom. The molecule has 0 spiro atoms. The molecule has 1 fully saturated rings. The molecule has 1 aliphatic rings. The van der Waals surface area contributed by atoms with Crippen molar-refractivity contribution in [2.24, 2.45) is 0 Å². The van der Waals surface area contributed by atoms with Gasteiger partial charge in [0, 0.05) is 18.6 Å². The van der Waals surface area contributed by atoms with Crippen LogP contribution in [0.5, 0.6) is 0 Å². The van der Waals surface area contributed by atoms with Crippen molar-refractivity contribution in [3.63, 3.8) is 0 Å². The molecule has 6 nitrogen and oxygen atoms in total. The molecule has 2 unspecified atom stereocenters. The summed E-state index contributed by atoms with van der Waals surface area (Å²) >= 11 is 0. The molecule has 2 N–H and O–H groups in total. The predicted octanol–water partition coefficient (Wildman–Crippen LogP) is 2.21. The van der Waals surface area contributed by atoms with Crippen molar-refractivity contribution in [1.29, 1.82) is 0 Å². The summed E-state index contributed by atoms with van der Waals surface area (Å²) in [6.07, 6.45) is 4.45. The summed E-state index contributed by atoms with van der Waals surface area (Å²) in [4.78, 5) is 12.3. The topological polar surface area (TPSA) is 70.2 Å². The Morgan fingerprint density at radius 3 is 2.57 bits per heavy atom. The molecule has 116 valence electrons. The first-order valence-corrected chi connectivity index (χ1v) is 7.78. The van der Waals surface area contributed by atoms with Crippen molar-refractivity contribution in [3.05, 3.63) is 17.8 Å². The number of aromatic nitrogens is 2. The van der Waals surface area contributed by atoms with Crippen LogP contribution in [-0.4, -0.2) is 39.7 Å². The van der Waals surface area contributed by atoms with Crippen molar-refractivity contribution in [2.45, 2.75) is 58.5 Å². The van der Waals surface area contributed by atoms with E-state index in [9.17, 15) is 4.79 Å². The number of hydrazine groups is 1. The Balaban J connectivity index is 1.96. The van der Waals surface area contributed by atoms with Crippen molar-refractivity contribution in [3.8, 4) is 0 Å². The van der Waals surface area contributed by atoms with Gasteiger partial charge in [-0.05, 0) is 45.2 Å². The third kappa shape index (κ3) is 4.14. The summed E-state index contributed by atoms with van der Waals surface area (Å²) in [6.45, 7) is 7.21. The fraction of sp³-hybridized carbons (Fsp3) is 0.667. The molecule has 2 atom stereocenters. The van der Waals surface area contributed by atoms with E-state index in [-0.39, 0.29) is 5.91 Å². The van der Waals surface area contributed by atoms with E-state index in [1.165, 1.54) is 6.42 Å². The highest BCUT2D eigenvalue weighted by Gasteiger charge is 2.26. The first kappa shape index (κ1) is 15.7. The summed E-state index contributed by atoms with van der Waals surface area (Å²) < 4.78 is 0. The largest absolute Gasteiger partial charge is 0.369 e. The van der Waals surface area contributed by atoms with E-state index in [2.05, 4.69) is 41.7 Å². The number of anilines is 1. The van der Waals surface area contributed by atoms with E-state index in [0.29, 0.717) is 23.6 Å². The van der Waals surface area contributed by atoms with Gasteiger partial charge in [-0.3, -0.25) is 10.2 Å². The van der Waals surface area contributed by atoms with Gasteiger partial charge in [0.15, 0.2) is 5.69 Å². The normalized spacial score (nSPS) is 22.8. The molecule has 6 heteroatoms. The highest BCUT2D eigenvalue weighted by molar-refractivity contribution is 5.91. The molecular formula is C15H25N5O. The number of hydrogen-bond donors (Lipinski definition) is 2. The number of rotatable bonds is 5. The number of amides is 1. The van der Waals surface area contributed by atoms with Crippen molar-refractivity contribution in [1.82, 2.24) is 20.6 Å². The molecular weight excluding hydrogens is 266 g/mol. The third-order valence-electron chi connectivity index (χ3n) is 3.88. The van der Waals surface area contributed by atoms with E-state index < -0.39 is 0 Å². The van der Waals surface area contributed by atoms with Crippen LogP contribution in [-0.2, 0) is 0 Å². The van der Waals surface area contributed by atoms with Gasteiger partial charge in [0.2, 0.25) is 0 Å². The molecule has 0 aliphatic carbocycles. The molecule has 0 saturated carbocycles. The van der Waals surface area contributed by atoms with Gasteiger partial charge in [-0.2, -0.15) is 0 Å². The summed E-state index contributed by atoms with van der Waals surface area (Å²) in [7, 11) is 0. The van der Waals surface area contributed by atoms with E-state index in [1.54, 1.807) is 12.1 Å². The van der Waals surface area contributed by atoms with Gasteiger partial charge in [0.1, 0.15) is 5.82 Å². The molecule has 21 heavy (non-hydrogen) atoms. The SMILES string of the molecule is CCCNc1ccc(C(=O)NN2C(C)CCCC2C)nn1. The molecule has 0 aromatic carbocycles. The molecule has 0 radical (unpaired) electrons. The zero-order valence-corrected chi connectivity index (χ0v) is 13.1. The van der Waals surface area contributed by atoms with Crippen LogP contribution < -0.4 is 10.7 Å². The monoisotopic (exact) mass is 291 g/mol. The van der Waals surface area contributed by atoms with Crippen LogP contribution in [0.4, 0.5) is 5.82 Å². The fourth-order valence-corrected chi connectivity index (χ4v) is 2.62. The van der Waals surface area contributed by atoms with Crippen LogP contribution in [0.25, 0.3) is 0 Å². The number of nitrogens with zero attached hydrogens (tertiary/aromatic N) is 3. The zero-order chi connectivity index (χ0) is 15.2. The molecule has 1 saturated heterocycles. The molecule has 2 heterocycles. The molecule has 1 aromatic rings. The average molecular weight is 291 g/mol. The van der Waals surface area contributed by atoms with Crippen molar-refractivity contribution >= 4 is 11.7 Å². The van der Waals surface area contributed by atoms with Gasteiger partial charge >= 0.3 is 0 Å². The van der Waals surface area contributed by atoms with Crippen LogP contribution in [0.1, 0.15) is 56.9 Å². The smallest absolute Gasteiger partial charge is 0.286 e. The summed E-state index contributed by atoms with van der Waals surface area (Å²) in [5, 5.41) is 13.2. The Hall–Kier alpha value is -1.69. The lowest BCUT2D eigenvalue weighted by atomic mass is 10.00. The van der Waals surface area contributed by atoms with Gasteiger partial charge < -0.3 is 5.32 Å². The second kappa shape index (κ2) is 7.36. The Labute approximate surface area is 126 Å². The molecule has 1 amide bonds. The third-order valence-corrected chi connectivity index (χ3v) is 3.88. The number of piperidine rings is 1. The zero-order valence-electron chi connectivity index (χ0n) is 13.1. The predicted molar refractivity (Wildman–Crippen MR) is 82.9 cm³/mol. The lowest BCUT2D eigenvalue weighted by Gasteiger charge is -2.38. The number of hydrogen-bond acceptors (Lipinski definition) is 5. The van der Waals surface area contributed by atoms with Crippen molar-refractivity contribution in [2.75, 3.05) is 11.9 Å². The molecule has 1 aliphatic heterocycles.